The summed E-state index contributed by atoms with van der Waals surface area (Å²) in [4.78, 5) is 11.0. The zero-order valence-electron chi connectivity index (χ0n) is 16.9. The third-order valence-electron chi connectivity index (χ3n) is 4.47. The molecule has 0 aliphatic heterocycles. The Morgan fingerprint density at radius 2 is 1.24 bits per heavy atom. The highest BCUT2D eigenvalue weighted by molar-refractivity contribution is 5.69. The van der Waals surface area contributed by atoms with Crippen LogP contribution in [0.25, 0.3) is 0 Å². The normalized spacial score (nSPS) is 11.7. The number of hydrogen-bond acceptors (Lipinski definition) is 3. The van der Waals surface area contributed by atoms with E-state index in [1.165, 1.54) is 77.0 Å². The fourth-order valence-electron chi connectivity index (χ4n) is 2.82. The smallest absolute Gasteiger partial charge is 0.189 e. The molecule has 0 unspecified atom stereocenters. The first-order valence-corrected chi connectivity index (χ1v) is 10.7. The quantitative estimate of drug-likeness (QED) is 0.0780. The van der Waals surface area contributed by atoms with Gasteiger partial charge in [0.2, 0.25) is 0 Å². The van der Waals surface area contributed by atoms with E-state index in [9.17, 15) is 4.79 Å². The highest BCUT2D eigenvalue weighted by Gasteiger charge is 1.97. The van der Waals surface area contributed by atoms with Gasteiger partial charge in [0, 0.05) is 0 Å². The van der Waals surface area contributed by atoms with Crippen LogP contribution in [0.5, 0.6) is 0 Å². The van der Waals surface area contributed by atoms with Crippen LogP contribution in [0.4, 0.5) is 0 Å². The van der Waals surface area contributed by atoms with Gasteiger partial charge in [0.25, 0.3) is 0 Å². The van der Waals surface area contributed by atoms with Crippen LogP contribution in [-0.4, -0.2) is 19.7 Å². The van der Waals surface area contributed by atoms with Gasteiger partial charge < -0.3 is 9.47 Å². The van der Waals surface area contributed by atoms with Crippen LogP contribution in [0.1, 0.15) is 110 Å². The van der Waals surface area contributed by atoms with E-state index in [0.29, 0.717) is 5.76 Å². The van der Waals surface area contributed by atoms with Crippen molar-refractivity contribution >= 4 is 6.29 Å². The molecule has 0 amide bonds. The summed E-state index contributed by atoms with van der Waals surface area (Å²) in [5.41, 5.74) is 0. The Morgan fingerprint density at radius 1 is 0.720 bits per heavy atom. The van der Waals surface area contributed by atoms with Gasteiger partial charge >= 0.3 is 0 Å². The van der Waals surface area contributed by atoms with E-state index in [1.54, 1.807) is 0 Å². The fourth-order valence-corrected chi connectivity index (χ4v) is 2.82. The molecule has 3 heteroatoms. The lowest BCUT2D eigenvalue weighted by atomic mass is 10.1. The minimum atomic E-state index is 0.191. The summed E-state index contributed by atoms with van der Waals surface area (Å²) in [6.07, 6.45) is 21.5. The van der Waals surface area contributed by atoms with Crippen LogP contribution < -0.4 is 0 Å². The van der Waals surface area contributed by atoms with Gasteiger partial charge in [-0.25, -0.2) is 0 Å². The molecule has 0 aromatic rings. The summed E-state index contributed by atoms with van der Waals surface area (Å²) in [6.45, 7) is 5.39. The molecule has 0 saturated heterocycles. The van der Waals surface area contributed by atoms with E-state index >= 15 is 0 Å². The maximum absolute atomic E-state index is 11.0. The summed E-state index contributed by atoms with van der Waals surface area (Å²) >= 11 is 0. The Balaban J connectivity index is 3.42. The second kappa shape index (κ2) is 21.2. The molecule has 0 N–H and O–H groups in total. The first-order chi connectivity index (χ1) is 12.3. The topological polar surface area (TPSA) is 35.5 Å². The monoisotopic (exact) mass is 354 g/mol. The minimum absolute atomic E-state index is 0.191. The number of allylic oxidation sites excluding steroid dienone is 2. The lowest BCUT2D eigenvalue weighted by Gasteiger charge is -2.07. The van der Waals surface area contributed by atoms with E-state index in [0.717, 1.165) is 32.2 Å². The summed E-state index contributed by atoms with van der Waals surface area (Å²) in [5, 5.41) is 0. The second-order valence-electron chi connectivity index (χ2n) is 6.93. The molecule has 0 bridgehead atoms. The Kier molecular flexibility index (Phi) is 20.5. The average Bonchev–Trinajstić information content (AvgIpc) is 2.63. The molecule has 0 radical (unpaired) electrons. The molecule has 0 spiro atoms. The van der Waals surface area contributed by atoms with E-state index < -0.39 is 0 Å². The van der Waals surface area contributed by atoms with Gasteiger partial charge in [0.15, 0.2) is 18.8 Å². The molecule has 0 rings (SSSR count). The van der Waals surface area contributed by atoms with Crippen LogP contribution in [0.15, 0.2) is 11.8 Å². The van der Waals surface area contributed by atoms with E-state index in [4.69, 9.17) is 9.47 Å². The first kappa shape index (κ1) is 24.2. The Bertz CT molecular complexity index is 300. The second-order valence-corrected chi connectivity index (χ2v) is 6.93. The van der Waals surface area contributed by atoms with Crippen molar-refractivity contribution in [3.8, 4) is 0 Å². The number of carbonyl (C=O) groups is 1. The number of ether oxygens (including phenoxy) is 2. The molecule has 3 nitrogen and oxygen atoms in total. The molecular formula is C22H42O3. The number of hydrogen-bond donors (Lipinski definition) is 0. The molecular weight excluding hydrogens is 312 g/mol. The van der Waals surface area contributed by atoms with Crippen molar-refractivity contribution in [1.82, 2.24) is 0 Å². The van der Waals surface area contributed by atoms with Gasteiger partial charge in [-0.1, -0.05) is 90.9 Å². The van der Waals surface area contributed by atoms with Crippen LogP contribution in [0.2, 0.25) is 0 Å². The van der Waals surface area contributed by atoms with Crippen molar-refractivity contribution in [1.29, 1.82) is 0 Å². The Hall–Kier alpha value is -0.830. The van der Waals surface area contributed by atoms with Crippen molar-refractivity contribution < 1.29 is 14.3 Å². The van der Waals surface area contributed by atoms with Gasteiger partial charge in [-0.2, -0.15) is 0 Å². The third kappa shape index (κ3) is 19.3. The van der Waals surface area contributed by atoms with Crippen molar-refractivity contribution in [3.63, 3.8) is 0 Å². The van der Waals surface area contributed by atoms with Crippen molar-refractivity contribution in [2.75, 3.05) is 13.4 Å². The molecule has 0 aliphatic carbocycles. The lowest BCUT2D eigenvalue weighted by molar-refractivity contribution is -0.111. The van der Waals surface area contributed by atoms with Gasteiger partial charge in [-0.3, -0.25) is 4.79 Å². The Morgan fingerprint density at radius 3 is 1.80 bits per heavy atom. The zero-order valence-corrected chi connectivity index (χ0v) is 16.9. The zero-order chi connectivity index (χ0) is 18.4. The predicted octanol–water partition coefficient (Wildman–Crippen LogP) is 6.95. The van der Waals surface area contributed by atoms with E-state index in [-0.39, 0.29) is 6.79 Å². The summed E-state index contributed by atoms with van der Waals surface area (Å²) in [5.74, 6) is 0.422. The van der Waals surface area contributed by atoms with Gasteiger partial charge in [-0.15, -0.1) is 0 Å². The fraction of sp³-hybridized carbons (Fsp3) is 0.864. The van der Waals surface area contributed by atoms with Gasteiger partial charge in [0.1, 0.15) is 0 Å². The molecule has 0 fully saturated rings. The van der Waals surface area contributed by atoms with Crippen molar-refractivity contribution in [2.45, 2.75) is 110 Å². The van der Waals surface area contributed by atoms with Crippen LogP contribution >= 0.6 is 0 Å². The lowest BCUT2D eigenvalue weighted by Crippen LogP contribution is -2.02. The number of carbonyl (C=O) groups excluding carboxylic acids is 1. The van der Waals surface area contributed by atoms with Crippen molar-refractivity contribution in [2.24, 2.45) is 0 Å². The third-order valence-corrected chi connectivity index (χ3v) is 4.47. The summed E-state index contributed by atoms with van der Waals surface area (Å²) in [7, 11) is 0. The maximum Gasteiger partial charge on any atom is 0.189 e. The molecule has 0 aliphatic rings. The number of rotatable bonds is 20. The minimum Gasteiger partial charge on any atom is -0.464 e. The van der Waals surface area contributed by atoms with Gasteiger partial charge in [-0.05, 0) is 25.3 Å². The van der Waals surface area contributed by atoms with Crippen LogP contribution in [0, 0.1) is 0 Å². The summed E-state index contributed by atoms with van der Waals surface area (Å²) < 4.78 is 10.8. The Labute approximate surface area is 156 Å². The molecule has 0 heterocycles. The maximum atomic E-state index is 11.0. The molecule has 0 aromatic carbocycles. The predicted molar refractivity (Wildman–Crippen MR) is 107 cm³/mol. The first-order valence-electron chi connectivity index (χ1n) is 10.7. The molecule has 0 aromatic heterocycles. The highest BCUT2D eigenvalue weighted by atomic mass is 16.7. The highest BCUT2D eigenvalue weighted by Crippen LogP contribution is 2.10. The van der Waals surface area contributed by atoms with Crippen LogP contribution in [-0.2, 0) is 14.3 Å². The molecule has 25 heavy (non-hydrogen) atoms. The average molecular weight is 355 g/mol. The number of unbranched alkanes of at least 4 members (excludes halogenated alkanes) is 13. The SMILES string of the molecule is CCCCCCCCCC/C=C(\C=O)OCOCCCCCCCC. The molecule has 0 atom stereocenters. The van der Waals surface area contributed by atoms with Gasteiger partial charge in [0.05, 0.1) is 6.61 Å². The van der Waals surface area contributed by atoms with Crippen LogP contribution in [0.3, 0.4) is 0 Å². The van der Waals surface area contributed by atoms with Crippen molar-refractivity contribution in [3.05, 3.63) is 11.8 Å². The largest absolute Gasteiger partial charge is 0.464 e. The standard InChI is InChI=1S/C22H42O3/c1-3-5-7-9-11-12-13-14-16-18-22(20-23)25-21-24-19-17-15-10-8-6-4-2/h18,20H,3-17,19,21H2,1-2H3/b22-18+. The summed E-state index contributed by atoms with van der Waals surface area (Å²) in [6, 6.07) is 0. The molecule has 148 valence electrons. The number of aldehydes is 1. The van der Waals surface area contributed by atoms with E-state index in [2.05, 4.69) is 13.8 Å². The van der Waals surface area contributed by atoms with E-state index in [1.807, 2.05) is 6.08 Å². The molecule has 0 saturated carbocycles.